The molecule has 2 saturated carbocycles. The SMILES string of the molecule is O.O.O=C(CC(O)C(=O)NC1CCCCC1)NC1CCCCC1. The van der Waals surface area contributed by atoms with Gasteiger partial charge < -0.3 is 26.7 Å². The van der Waals surface area contributed by atoms with Gasteiger partial charge in [-0.2, -0.15) is 0 Å². The quantitative estimate of drug-likeness (QED) is 0.651. The highest BCUT2D eigenvalue weighted by Crippen LogP contribution is 2.18. The zero-order valence-electron chi connectivity index (χ0n) is 13.8. The van der Waals surface area contributed by atoms with Gasteiger partial charge in [-0.15, -0.1) is 0 Å². The minimum atomic E-state index is -1.23. The first-order chi connectivity index (χ1) is 10.1. The predicted molar refractivity (Wildman–Crippen MR) is 87.9 cm³/mol. The van der Waals surface area contributed by atoms with Crippen molar-refractivity contribution in [3.63, 3.8) is 0 Å². The average Bonchev–Trinajstić information content (AvgIpc) is 2.49. The Morgan fingerprint density at radius 2 is 1.26 bits per heavy atom. The van der Waals surface area contributed by atoms with Crippen LogP contribution in [0.5, 0.6) is 0 Å². The number of carbonyl (C=O) groups is 2. The molecule has 2 aliphatic rings. The molecule has 7 N–H and O–H groups in total. The maximum absolute atomic E-state index is 11.9. The Bertz CT molecular complexity index is 352. The first-order valence-electron chi connectivity index (χ1n) is 8.43. The van der Waals surface area contributed by atoms with E-state index in [1.54, 1.807) is 0 Å². The summed E-state index contributed by atoms with van der Waals surface area (Å²) in [6.45, 7) is 0. The third-order valence-electron chi connectivity index (χ3n) is 4.60. The molecule has 23 heavy (non-hydrogen) atoms. The number of carbonyl (C=O) groups excluding carboxylic acids is 2. The fourth-order valence-corrected chi connectivity index (χ4v) is 3.35. The Balaban J connectivity index is 0.00000242. The van der Waals surface area contributed by atoms with Crippen LogP contribution in [0.4, 0.5) is 0 Å². The van der Waals surface area contributed by atoms with E-state index in [1.807, 2.05) is 0 Å². The lowest BCUT2D eigenvalue weighted by molar-refractivity contribution is -0.135. The molecule has 136 valence electrons. The second kappa shape index (κ2) is 11.4. The van der Waals surface area contributed by atoms with Crippen molar-refractivity contribution < 1.29 is 25.6 Å². The zero-order chi connectivity index (χ0) is 15.1. The molecule has 2 rings (SSSR count). The smallest absolute Gasteiger partial charge is 0.249 e. The number of hydrogen-bond acceptors (Lipinski definition) is 3. The fourth-order valence-electron chi connectivity index (χ4n) is 3.35. The maximum Gasteiger partial charge on any atom is 0.249 e. The average molecular weight is 332 g/mol. The monoisotopic (exact) mass is 332 g/mol. The Kier molecular flexibility index (Phi) is 10.8. The van der Waals surface area contributed by atoms with Crippen LogP contribution < -0.4 is 10.6 Å². The van der Waals surface area contributed by atoms with Gasteiger partial charge in [0.1, 0.15) is 6.10 Å². The lowest BCUT2D eigenvalue weighted by Gasteiger charge is -2.25. The van der Waals surface area contributed by atoms with E-state index in [-0.39, 0.29) is 35.4 Å². The first-order valence-corrected chi connectivity index (χ1v) is 8.43. The van der Waals surface area contributed by atoms with Crippen molar-refractivity contribution in [1.29, 1.82) is 0 Å². The highest BCUT2D eigenvalue weighted by Gasteiger charge is 2.24. The maximum atomic E-state index is 11.9. The molecular weight excluding hydrogens is 300 g/mol. The molecule has 0 aromatic carbocycles. The van der Waals surface area contributed by atoms with Gasteiger partial charge in [-0.25, -0.2) is 0 Å². The molecule has 1 atom stereocenters. The number of amides is 2. The highest BCUT2D eigenvalue weighted by molar-refractivity contribution is 5.87. The Morgan fingerprint density at radius 1 is 0.826 bits per heavy atom. The summed E-state index contributed by atoms with van der Waals surface area (Å²) in [5.41, 5.74) is 0. The minimum absolute atomic E-state index is 0. The number of rotatable bonds is 5. The van der Waals surface area contributed by atoms with E-state index >= 15 is 0 Å². The lowest BCUT2D eigenvalue weighted by Crippen LogP contribution is -2.45. The summed E-state index contributed by atoms with van der Waals surface area (Å²) in [7, 11) is 0. The van der Waals surface area contributed by atoms with Crippen LogP contribution in [-0.4, -0.2) is 46.1 Å². The van der Waals surface area contributed by atoms with Gasteiger partial charge in [0.2, 0.25) is 11.8 Å². The summed E-state index contributed by atoms with van der Waals surface area (Å²) in [5, 5.41) is 15.7. The summed E-state index contributed by atoms with van der Waals surface area (Å²) in [5.74, 6) is -0.617. The van der Waals surface area contributed by atoms with Crippen LogP contribution in [0.1, 0.15) is 70.6 Å². The molecule has 2 amide bonds. The van der Waals surface area contributed by atoms with Crippen molar-refractivity contribution in [1.82, 2.24) is 10.6 Å². The molecule has 1 unspecified atom stereocenters. The number of hydrogen-bond donors (Lipinski definition) is 3. The summed E-state index contributed by atoms with van der Waals surface area (Å²) in [4.78, 5) is 23.8. The van der Waals surface area contributed by atoms with Crippen molar-refractivity contribution >= 4 is 11.8 Å². The fraction of sp³-hybridized carbons (Fsp3) is 0.875. The van der Waals surface area contributed by atoms with Gasteiger partial charge in [-0.05, 0) is 25.7 Å². The van der Waals surface area contributed by atoms with Crippen LogP contribution in [0, 0.1) is 0 Å². The normalized spacial score (nSPS) is 20.6. The van der Waals surface area contributed by atoms with Gasteiger partial charge in [-0.1, -0.05) is 38.5 Å². The molecule has 0 aromatic heterocycles. The molecule has 0 aliphatic heterocycles. The summed E-state index contributed by atoms with van der Waals surface area (Å²) in [6, 6.07) is 0.391. The van der Waals surface area contributed by atoms with E-state index in [0.29, 0.717) is 0 Å². The molecular formula is C16H32N2O5. The van der Waals surface area contributed by atoms with Crippen LogP contribution in [0.25, 0.3) is 0 Å². The van der Waals surface area contributed by atoms with Crippen LogP contribution >= 0.6 is 0 Å². The Hall–Kier alpha value is -1.18. The van der Waals surface area contributed by atoms with Crippen LogP contribution in [0.2, 0.25) is 0 Å². The van der Waals surface area contributed by atoms with Crippen molar-refractivity contribution in [2.75, 3.05) is 0 Å². The van der Waals surface area contributed by atoms with Crippen LogP contribution in [-0.2, 0) is 9.59 Å². The molecule has 7 heteroatoms. The van der Waals surface area contributed by atoms with Crippen LogP contribution in [0.3, 0.4) is 0 Å². The van der Waals surface area contributed by atoms with Crippen molar-refractivity contribution in [2.45, 2.75) is 88.8 Å². The third-order valence-corrected chi connectivity index (χ3v) is 4.60. The van der Waals surface area contributed by atoms with E-state index in [4.69, 9.17) is 0 Å². The van der Waals surface area contributed by atoms with Crippen molar-refractivity contribution in [3.05, 3.63) is 0 Å². The molecule has 2 fully saturated rings. The van der Waals surface area contributed by atoms with Gasteiger partial charge in [0, 0.05) is 12.1 Å². The van der Waals surface area contributed by atoms with Gasteiger partial charge in [0.05, 0.1) is 6.42 Å². The third kappa shape index (κ3) is 7.76. The molecule has 0 aromatic rings. The topological polar surface area (TPSA) is 141 Å². The van der Waals surface area contributed by atoms with E-state index < -0.39 is 12.0 Å². The molecule has 0 radical (unpaired) electrons. The van der Waals surface area contributed by atoms with Crippen molar-refractivity contribution in [3.8, 4) is 0 Å². The molecule has 2 aliphatic carbocycles. The predicted octanol–water partition coefficient (Wildman–Crippen LogP) is -0.0142. The second-order valence-corrected chi connectivity index (χ2v) is 6.47. The van der Waals surface area contributed by atoms with Gasteiger partial charge in [0.25, 0.3) is 0 Å². The molecule has 0 heterocycles. The molecule has 0 spiro atoms. The van der Waals surface area contributed by atoms with Gasteiger partial charge in [0.15, 0.2) is 0 Å². The molecule has 7 nitrogen and oxygen atoms in total. The lowest BCUT2D eigenvalue weighted by atomic mass is 9.95. The standard InChI is InChI=1S/C16H28N2O3.2H2O/c19-14(16(21)18-13-9-5-2-6-10-13)11-15(20)17-12-7-3-1-4-8-12;;/h12-14,19H,1-11H2,(H,17,20)(H,18,21);2*1H2. The second-order valence-electron chi connectivity index (χ2n) is 6.47. The van der Waals surface area contributed by atoms with E-state index in [9.17, 15) is 14.7 Å². The highest BCUT2D eigenvalue weighted by atomic mass is 16.3. The summed E-state index contributed by atoms with van der Waals surface area (Å²) in [6.07, 6.45) is 9.63. The Morgan fingerprint density at radius 3 is 1.74 bits per heavy atom. The minimum Gasteiger partial charge on any atom is -0.412 e. The van der Waals surface area contributed by atoms with Gasteiger partial charge in [-0.3, -0.25) is 9.59 Å². The first kappa shape index (κ1) is 21.8. The number of nitrogens with one attached hydrogen (secondary N) is 2. The summed E-state index contributed by atoms with van der Waals surface area (Å²) < 4.78 is 0. The van der Waals surface area contributed by atoms with Gasteiger partial charge >= 0.3 is 0 Å². The molecule has 0 bridgehead atoms. The molecule has 0 saturated heterocycles. The van der Waals surface area contributed by atoms with E-state index in [0.717, 1.165) is 51.4 Å². The van der Waals surface area contributed by atoms with Crippen LogP contribution in [0.15, 0.2) is 0 Å². The Labute approximate surface area is 137 Å². The number of aliphatic hydroxyl groups is 1. The number of aliphatic hydroxyl groups excluding tert-OH is 1. The van der Waals surface area contributed by atoms with Crippen molar-refractivity contribution in [2.24, 2.45) is 0 Å². The van der Waals surface area contributed by atoms with E-state index in [1.165, 1.54) is 12.8 Å². The zero-order valence-corrected chi connectivity index (χ0v) is 13.8. The summed E-state index contributed by atoms with van der Waals surface area (Å²) >= 11 is 0. The van der Waals surface area contributed by atoms with E-state index in [2.05, 4.69) is 10.6 Å². The largest absolute Gasteiger partial charge is 0.412 e.